The normalized spacial score (nSPS) is 10.0. The molecule has 1 rings (SSSR count). The van der Waals surface area contributed by atoms with E-state index in [2.05, 4.69) is 19.2 Å². The van der Waals surface area contributed by atoms with Gasteiger partial charge < -0.3 is 0 Å². The van der Waals surface area contributed by atoms with Crippen LogP contribution in [0.1, 0.15) is 0 Å². The molecule has 0 unspecified atom stereocenters. The Bertz CT molecular complexity index is 279. The Morgan fingerprint density at radius 1 is 1.38 bits per heavy atom. The summed E-state index contributed by atoms with van der Waals surface area (Å²) in [6, 6.07) is 6.47. The van der Waals surface area contributed by atoms with Crippen LogP contribution in [0, 0.1) is 5.82 Å². The van der Waals surface area contributed by atoms with Gasteiger partial charge in [-0.3, -0.25) is 0 Å². The zero-order chi connectivity index (χ0) is 9.68. The van der Waals surface area contributed by atoms with E-state index in [4.69, 9.17) is 0 Å². The van der Waals surface area contributed by atoms with Crippen LogP contribution in [0.2, 0.25) is 0 Å². The van der Waals surface area contributed by atoms with Crippen molar-refractivity contribution in [2.24, 2.45) is 0 Å². The van der Waals surface area contributed by atoms with Gasteiger partial charge in [0.2, 0.25) is 0 Å². The van der Waals surface area contributed by atoms with Gasteiger partial charge in [-0.2, -0.15) is 12.6 Å². The summed E-state index contributed by atoms with van der Waals surface area (Å²) < 4.78 is 12.5. The molecule has 0 amide bonds. The number of thiol groups is 1. The van der Waals surface area contributed by atoms with Crippen LogP contribution < -0.4 is 0 Å². The first kappa shape index (κ1) is 10.7. The second kappa shape index (κ2) is 5.35. The molecule has 0 N–H and O–H groups in total. The molecule has 0 aliphatic carbocycles. The van der Waals surface area contributed by atoms with Crippen molar-refractivity contribution in [3.05, 3.63) is 42.2 Å². The summed E-state index contributed by atoms with van der Waals surface area (Å²) in [5.41, 5.74) is 1.08. The van der Waals surface area contributed by atoms with Crippen molar-refractivity contribution in [2.75, 3.05) is 11.5 Å². The fourth-order valence-corrected chi connectivity index (χ4v) is 1.83. The first-order chi connectivity index (χ1) is 6.22. The maximum absolute atomic E-state index is 12.5. The lowest BCUT2D eigenvalue weighted by atomic mass is 10.3. The number of thioether (sulfide) groups is 1. The van der Waals surface area contributed by atoms with Crippen LogP contribution in [0.25, 0.3) is 0 Å². The van der Waals surface area contributed by atoms with Crippen LogP contribution >= 0.6 is 24.4 Å². The highest BCUT2D eigenvalue weighted by molar-refractivity contribution is 7.99. The van der Waals surface area contributed by atoms with Crippen molar-refractivity contribution in [3.8, 4) is 0 Å². The highest BCUT2D eigenvalue weighted by atomic mass is 32.2. The van der Waals surface area contributed by atoms with Crippen molar-refractivity contribution < 1.29 is 4.39 Å². The third kappa shape index (κ3) is 3.87. The van der Waals surface area contributed by atoms with Gasteiger partial charge in [0.15, 0.2) is 0 Å². The van der Waals surface area contributed by atoms with Crippen LogP contribution in [-0.2, 0) is 0 Å². The lowest BCUT2D eigenvalue weighted by molar-refractivity contribution is 0.626. The Morgan fingerprint density at radius 3 is 2.54 bits per heavy atom. The molecule has 0 fully saturated rings. The van der Waals surface area contributed by atoms with Gasteiger partial charge in [-0.15, -0.1) is 11.8 Å². The van der Waals surface area contributed by atoms with Crippen molar-refractivity contribution in [2.45, 2.75) is 4.90 Å². The minimum atomic E-state index is -0.197. The summed E-state index contributed by atoms with van der Waals surface area (Å²) >= 11 is 5.75. The lowest BCUT2D eigenvalue weighted by Gasteiger charge is -2.01. The van der Waals surface area contributed by atoms with Gasteiger partial charge in [0.1, 0.15) is 5.82 Å². The predicted octanol–water partition coefficient (Wildman–Crippen LogP) is 3.40. The molecule has 0 atom stereocenters. The Morgan fingerprint density at radius 2 is 2.00 bits per heavy atom. The molecule has 0 nitrogen and oxygen atoms in total. The van der Waals surface area contributed by atoms with Crippen LogP contribution in [0.4, 0.5) is 4.39 Å². The Hall–Kier alpha value is -0.410. The van der Waals surface area contributed by atoms with Crippen molar-refractivity contribution in [1.29, 1.82) is 0 Å². The van der Waals surface area contributed by atoms with Crippen molar-refractivity contribution in [3.63, 3.8) is 0 Å². The fourth-order valence-electron chi connectivity index (χ4n) is 0.762. The Kier molecular flexibility index (Phi) is 4.39. The minimum Gasteiger partial charge on any atom is -0.207 e. The van der Waals surface area contributed by atoms with Gasteiger partial charge in [0, 0.05) is 16.4 Å². The summed E-state index contributed by atoms with van der Waals surface area (Å²) in [5.74, 6) is 1.35. The van der Waals surface area contributed by atoms with Crippen molar-refractivity contribution >= 4 is 24.4 Å². The molecule has 0 saturated carbocycles. The quantitative estimate of drug-likeness (QED) is 0.455. The molecule has 3 heteroatoms. The number of rotatable bonds is 4. The second-order valence-corrected chi connectivity index (χ2v) is 4.02. The van der Waals surface area contributed by atoms with E-state index in [9.17, 15) is 4.39 Å². The lowest BCUT2D eigenvalue weighted by Crippen LogP contribution is -1.86. The SMILES string of the molecule is C=C(CS)CSc1ccc(F)cc1. The first-order valence-electron chi connectivity index (χ1n) is 3.88. The Balaban J connectivity index is 2.46. The van der Waals surface area contributed by atoms with E-state index in [0.29, 0.717) is 5.75 Å². The van der Waals surface area contributed by atoms with Crippen LogP contribution in [0.3, 0.4) is 0 Å². The third-order valence-electron chi connectivity index (χ3n) is 1.48. The molecule has 1 aromatic rings. The predicted molar refractivity (Wildman–Crippen MR) is 60.1 cm³/mol. The van der Waals surface area contributed by atoms with Crippen LogP contribution in [0.5, 0.6) is 0 Å². The zero-order valence-electron chi connectivity index (χ0n) is 7.16. The number of hydrogen-bond donors (Lipinski definition) is 1. The molecule has 1 aromatic carbocycles. The third-order valence-corrected chi connectivity index (χ3v) is 3.09. The van der Waals surface area contributed by atoms with Gasteiger partial charge in [-0.25, -0.2) is 4.39 Å². The van der Waals surface area contributed by atoms with E-state index < -0.39 is 0 Å². The zero-order valence-corrected chi connectivity index (χ0v) is 8.88. The molecule has 0 heterocycles. The maximum atomic E-state index is 12.5. The topological polar surface area (TPSA) is 0 Å². The molecule has 0 aliphatic heterocycles. The van der Waals surface area contributed by atoms with Crippen LogP contribution in [-0.4, -0.2) is 11.5 Å². The van der Waals surface area contributed by atoms with Crippen molar-refractivity contribution in [1.82, 2.24) is 0 Å². The molecule has 70 valence electrons. The average Bonchev–Trinajstić information content (AvgIpc) is 2.16. The number of halogens is 1. The van der Waals surface area contributed by atoms with Gasteiger partial charge >= 0.3 is 0 Å². The van der Waals surface area contributed by atoms with E-state index in [0.717, 1.165) is 16.2 Å². The molecule has 0 aromatic heterocycles. The van der Waals surface area contributed by atoms with Gasteiger partial charge in [0.25, 0.3) is 0 Å². The molecule has 0 spiro atoms. The summed E-state index contributed by atoms with van der Waals surface area (Å²) in [4.78, 5) is 1.06. The average molecular weight is 214 g/mol. The number of benzene rings is 1. The first-order valence-corrected chi connectivity index (χ1v) is 5.50. The molecule has 0 saturated heterocycles. The standard InChI is InChI=1S/C10H11FS2/c1-8(6-12)7-13-10-4-2-9(11)3-5-10/h2-5,12H,1,6-7H2. The van der Waals surface area contributed by atoms with E-state index in [1.54, 1.807) is 23.9 Å². The smallest absolute Gasteiger partial charge is 0.123 e. The maximum Gasteiger partial charge on any atom is 0.123 e. The largest absolute Gasteiger partial charge is 0.207 e. The molecular weight excluding hydrogens is 203 g/mol. The summed E-state index contributed by atoms with van der Waals surface area (Å²) in [7, 11) is 0. The monoisotopic (exact) mass is 214 g/mol. The summed E-state index contributed by atoms with van der Waals surface area (Å²) in [6.07, 6.45) is 0. The van der Waals surface area contributed by atoms with Crippen LogP contribution in [0.15, 0.2) is 41.3 Å². The summed E-state index contributed by atoms with van der Waals surface area (Å²) in [5, 5.41) is 0. The highest BCUT2D eigenvalue weighted by Crippen LogP contribution is 2.20. The van der Waals surface area contributed by atoms with E-state index >= 15 is 0 Å². The highest BCUT2D eigenvalue weighted by Gasteiger charge is 1.96. The molecule has 0 aliphatic rings. The molecular formula is C10H11FS2. The van der Waals surface area contributed by atoms with E-state index in [1.807, 2.05) is 0 Å². The van der Waals surface area contributed by atoms with Gasteiger partial charge in [0.05, 0.1) is 0 Å². The number of hydrogen-bond acceptors (Lipinski definition) is 2. The minimum absolute atomic E-state index is 0.197. The molecule has 0 bridgehead atoms. The second-order valence-electron chi connectivity index (χ2n) is 2.65. The summed E-state index contributed by atoms with van der Waals surface area (Å²) in [6.45, 7) is 3.83. The molecule has 13 heavy (non-hydrogen) atoms. The van der Waals surface area contributed by atoms with E-state index in [-0.39, 0.29) is 5.82 Å². The van der Waals surface area contributed by atoms with Gasteiger partial charge in [-0.1, -0.05) is 12.2 Å². The van der Waals surface area contributed by atoms with Gasteiger partial charge in [-0.05, 0) is 24.3 Å². The molecule has 0 radical (unpaired) electrons. The Labute approximate surface area is 87.6 Å². The van der Waals surface area contributed by atoms with E-state index in [1.165, 1.54) is 12.1 Å². The fraction of sp³-hybridized carbons (Fsp3) is 0.200.